The average molecular weight is 826 g/mol. The van der Waals surface area contributed by atoms with Crippen molar-refractivity contribution in [1.29, 1.82) is 0 Å². The van der Waals surface area contributed by atoms with E-state index in [1.807, 2.05) is 6.20 Å². The van der Waals surface area contributed by atoms with Crippen LogP contribution in [0.1, 0.15) is 0 Å². The Morgan fingerprint density at radius 1 is 0.277 bits per heavy atom. The zero-order valence-corrected chi connectivity index (χ0v) is 35.4. The molecule has 2 heterocycles. The first kappa shape index (κ1) is 36.9. The third-order valence-electron chi connectivity index (χ3n) is 13.2. The molecule has 0 aliphatic rings. The molecule has 302 valence electrons. The topological polar surface area (TPSA) is 30.7 Å². The molecule has 0 unspecified atom stereocenters. The lowest BCUT2D eigenvalue weighted by molar-refractivity contribution is 1.18. The van der Waals surface area contributed by atoms with E-state index in [0.717, 1.165) is 49.9 Å². The van der Waals surface area contributed by atoms with E-state index >= 15 is 0 Å². The van der Waals surface area contributed by atoms with E-state index in [4.69, 9.17) is 9.97 Å². The minimum Gasteiger partial charge on any atom is -0.309 e. The van der Waals surface area contributed by atoms with Gasteiger partial charge in [-0.05, 0) is 109 Å². The Morgan fingerprint density at radius 3 is 1.45 bits per heavy atom. The maximum absolute atomic E-state index is 5.24. The highest BCUT2D eigenvalue weighted by Crippen LogP contribution is 2.38. The number of aromatic nitrogens is 3. The number of benzene rings is 11. The molecule has 13 aromatic rings. The number of hydrogen-bond donors (Lipinski definition) is 0. The van der Waals surface area contributed by atoms with Crippen molar-refractivity contribution in [3.05, 3.63) is 237 Å². The average Bonchev–Trinajstić information content (AvgIpc) is 3.72. The second-order valence-corrected chi connectivity index (χ2v) is 17.0. The summed E-state index contributed by atoms with van der Waals surface area (Å²) in [6.07, 6.45) is 1.92. The van der Waals surface area contributed by atoms with Gasteiger partial charge in [0.15, 0.2) is 0 Å². The first-order valence-electron chi connectivity index (χ1n) is 22.2. The highest BCUT2D eigenvalue weighted by Gasteiger charge is 2.15. The maximum atomic E-state index is 5.24. The van der Waals surface area contributed by atoms with Gasteiger partial charge < -0.3 is 4.57 Å². The molecule has 0 amide bonds. The third-order valence-corrected chi connectivity index (χ3v) is 13.2. The lowest BCUT2D eigenvalue weighted by Gasteiger charge is -2.11. The zero-order chi connectivity index (χ0) is 42.8. The van der Waals surface area contributed by atoms with Crippen LogP contribution >= 0.6 is 0 Å². The molecule has 0 aliphatic heterocycles. The highest BCUT2D eigenvalue weighted by molar-refractivity contribution is 6.23. The number of rotatable bonds is 6. The lowest BCUT2D eigenvalue weighted by atomic mass is 9.97. The molecule has 0 fully saturated rings. The lowest BCUT2D eigenvalue weighted by Crippen LogP contribution is -1.93. The van der Waals surface area contributed by atoms with Gasteiger partial charge in [0.1, 0.15) is 0 Å². The molecular formula is C62H39N3. The summed E-state index contributed by atoms with van der Waals surface area (Å²) < 4.78 is 2.39. The monoisotopic (exact) mass is 825 g/mol. The predicted molar refractivity (Wildman–Crippen MR) is 274 cm³/mol. The Labute approximate surface area is 376 Å². The fourth-order valence-electron chi connectivity index (χ4n) is 9.93. The molecule has 0 saturated heterocycles. The molecule has 3 heteroatoms. The van der Waals surface area contributed by atoms with Gasteiger partial charge in [0.2, 0.25) is 0 Å². The molecular weight excluding hydrogens is 787 g/mol. The van der Waals surface area contributed by atoms with Crippen LogP contribution in [-0.2, 0) is 0 Å². The van der Waals surface area contributed by atoms with Crippen molar-refractivity contribution in [3.8, 4) is 61.5 Å². The molecule has 0 spiro atoms. The summed E-state index contributed by atoms with van der Waals surface area (Å²) in [6, 6.07) is 83.3. The molecule has 0 N–H and O–H groups in total. The van der Waals surface area contributed by atoms with E-state index < -0.39 is 0 Å². The first-order chi connectivity index (χ1) is 32.2. The Bertz CT molecular complexity index is 3940. The van der Waals surface area contributed by atoms with E-state index in [2.05, 4.69) is 235 Å². The normalized spacial score (nSPS) is 11.7. The summed E-state index contributed by atoms with van der Waals surface area (Å²) in [6.45, 7) is 0. The van der Waals surface area contributed by atoms with Gasteiger partial charge in [0.25, 0.3) is 0 Å². The van der Waals surface area contributed by atoms with Crippen LogP contribution in [0.5, 0.6) is 0 Å². The number of fused-ring (bicyclic) bond motifs is 10. The van der Waals surface area contributed by atoms with Gasteiger partial charge in [-0.25, -0.2) is 4.98 Å². The fraction of sp³-hybridized carbons (Fsp3) is 0. The minimum atomic E-state index is 0.864. The van der Waals surface area contributed by atoms with Gasteiger partial charge in [-0.1, -0.05) is 188 Å². The van der Waals surface area contributed by atoms with Crippen LogP contribution in [0.3, 0.4) is 0 Å². The minimum absolute atomic E-state index is 0.864. The summed E-state index contributed by atoms with van der Waals surface area (Å²) in [5, 5.41) is 9.66. The third kappa shape index (κ3) is 6.28. The Hall–Kier alpha value is -8.66. The van der Waals surface area contributed by atoms with Crippen molar-refractivity contribution < 1.29 is 0 Å². The Kier molecular flexibility index (Phi) is 8.53. The highest BCUT2D eigenvalue weighted by atomic mass is 15.0. The van der Waals surface area contributed by atoms with Gasteiger partial charge in [-0.3, -0.25) is 4.98 Å². The van der Waals surface area contributed by atoms with Crippen LogP contribution in [-0.4, -0.2) is 14.5 Å². The molecule has 13 rings (SSSR count). The quantitative estimate of drug-likeness (QED) is 0.156. The second-order valence-electron chi connectivity index (χ2n) is 17.0. The van der Waals surface area contributed by atoms with Crippen LogP contribution in [0.15, 0.2) is 237 Å². The molecule has 11 aromatic carbocycles. The molecule has 0 aliphatic carbocycles. The molecule has 65 heavy (non-hydrogen) atoms. The van der Waals surface area contributed by atoms with Crippen LogP contribution in [0.4, 0.5) is 0 Å². The van der Waals surface area contributed by atoms with E-state index in [1.54, 1.807) is 0 Å². The summed E-state index contributed by atoms with van der Waals surface area (Å²) in [4.78, 5) is 10.2. The SMILES string of the molecule is c1cc(-c2ccc(-c3ccc(-n4c5ccccc5c5cc(-c6ccc(-c7ccc8ccccc8c7)cc6)ccc54)cc3)cc2)cc(-c2cnc3c4ccccc4c4ccccc4c3n2)c1. The van der Waals surface area contributed by atoms with E-state index in [9.17, 15) is 0 Å². The van der Waals surface area contributed by atoms with Gasteiger partial charge in [0, 0.05) is 32.8 Å². The smallest absolute Gasteiger partial charge is 0.0979 e. The van der Waals surface area contributed by atoms with E-state index in [0.29, 0.717) is 0 Å². The van der Waals surface area contributed by atoms with Crippen LogP contribution in [0.25, 0.3) is 127 Å². The van der Waals surface area contributed by atoms with Crippen molar-refractivity contribution in [2.75, 3.05) is 0 Å². The molecule has 0 atom stereocenters. The standard InChI is InChI=1S/C62H39N3/c1-2-11-46-36-48(29-28-40(46)10-1)44-24-26-45(27-25-44)49-32-35-60-57(38-49)54-16-7-8-19-59(54)65(60)51-33-30-42(31-34-51)41-20-22-43(23-21-41)47-12-9-13-50(37-47)58-39-63-61-55-17-5-3-14-52(55)53-15-4-6-18-56(53)62(61)64-58/h1-39H. The number of para-hydroxylation sites is 1. The molecule has 0 bridgehead atoms. The second kappa shape index (κ2) is 15.0. The van der Waals surface area contributed by atoms with Gasteiger partial charge in [0.05, 0.1) is 34.0 Å². The van der Waals surface area contributed by atoms with Crippen molar-refractivity contribution in [2.45, 2.75) is 0 Å². The van der Waals surface area contributed by atoms with Crippen molar-refractivity contribution >= 4 is 65.2 Å². The number of nitrogens with zero attached hydrogens (tertiary/aromatic N) is 3. The van der Waals surface area contributed by atoms with Gasteiger partial charge in [-0.15, -0.1) is 0 Å². The van der Waals surface area contributed by atoms with Crippen LogP contribution in [0.2, 0.25) is 0 Å². The largest absolute Gasteiger partial charge is 0.309 e. The van der Waals surface area contributed by atoms with Crippen molar-refractivity contribution in [3.63, 3.8) is 0 Å². The van der Waals surface area contributed by atoms with Gasteiger partial charge >= 0.3 is 0 Å². The Balaban J connectivity index is 0.780. The fourth-order valence-corrected chi connectivity index (χ4v) is 9.93. The first-order valence-corrected chi connectivity index (χ1v) is 22.2. The summed E-state index contributed by atoms with van der Waals surface area (Å²) in [7, 11) is 0. The summed E-state index contributed by atoms with van der Waals surface area (Å²) in [5.74, 6) is 0. The number of hydrogen-bond acceptors (Lipinski definition) is 2. The zero-order valence-electron chi connectivity index (χ0n) is 35.4. The summed E-state index contributed by atoms with van der Waals surface area (Å²) >= 11 is 0. The van der Waals surface area contributed by atoms with Crippen molar-refractivity contribution in [2.24, 2.45) is 0 Å². The van der Waals surface area contributed by atoms with Gasteiger partial charge in [-0.2, -0.15) is 0 Å². The maximum Gasteiger partial charge on any atom is 0.0979 e. The molecule has 0 saturated carbocycles. The molecule has 0 radical (unpaired) electrons. The van der Waals surface area contributed by atoms with Crippen LogP contribution < -0.4 is 0 Å². The molecule has 3 nitrogen and oxygen atoms in total. The van der Waals surface area contributed by atoms with Crippen LogP contribution in [0, 0.1) is 0 Å². The predicted octanol–water partition coefficient (Wildman–Crippen LogP) is 16.5. The van der Waals surface area contributed by atoms with Crippen molar-refractivity contribution in [1.82, 2.24) is 14.5 Å². The van der Waals surface area contributed by atoms with E-state index in [-0.39, 0.29) is 0 Å². The molecule has 2 aromatic heterocycles. The summed E-state index contributed by atoms with van der Waals surface area (Å²) in [5.41, 5.74) is 16.8. The Morgan fingerprint density at radius 2 is 0.754 bits per heavy atom. The van der Waals surface area contributed by atoms with E-state index in [1.165, 1.54) is 76.7 Å².